The summed E-state index contributed by atoms with van der Waals surface area (Å²) in [6.45, 7) is 3.89. The fourth-order valence-corrected chi connectivity index (χ4v) is 3.18. The molecule has 0 aliphatic carbocycles. The van der Waals surface area contributed by atoms with Crippen LogP contribution in [0.3, 0.4) is 0 Å². The Hall–Kier alpha value is -1.50. The number of hydrogen-bond acceptors (Lipinski definition) is 5. The first-order chi connectivity index (χ1) is 11.1. The fourth-order valence-electron chi connectivity index (χ4n) is 3.18. The van der Waals surface area contributed by atoms with Crippen molar-refractivity contribution in [2.45, 2.75) is 6.42 Å². The van der Waals surface area contributed by atoms with Crippen LogP contribution in [0.5, 0.6) is 0 Å². The van der Waals surface area contributed by atoms with Crippen molar-refractivity contribution >= 4 is 5.91 Å². The molecule has 1 saturated heterocycles. The second-order valence-corrected chi connectivity index (χ2v) is 6.33. The predicted octanol–water partition coefficient (Wildman–Crippen LogP) is 0.730. The Bertz CT molecular complexity index is 483. The molecule has 2 unspecified atom stereocenters. The molecule has 1 amide bonds. The van der Waals surface area contributed by atoms with Crippen LogP contribution in [0.2, 0.25) is 0 Å². The largest absolute Gasteiger partial charge is 0.396 e. The maximum Gasteiger partial charge on any atom is 0.272 e. The normalized spacial score (nSPS) is 21.7. The number of carbonyl (C=O) groups excluding carboxylic acids is 1. The molecule has 2 heterocycles. The number of aromatic nitrogens is 1. The average molecular weight is 321 g/mol. The lowest BCUT2D eigenvalue weighted by atomic mass is 9.89. The van der Waals surface area contributed by atoms with Crippen LogP contribution >= 0.6 is 0 Å². The van der Waals surface area contributed by atoms with E-state index in [-0.39, 0.29) is 18.4 Å². The third-order valence-electron chi connectivity index (χ3n) is 4.30. The Labute approximate surface area is 138 Å². The van der Waals surface area contributed by atoms with E-state index in [1.807, 2.05) is 11.0 Å². The number of nitrogens with zero attached hydrogens (tertiary/aromatic N) is 3. The van der Waals surface area contributed by atoms with E-state index in [1.54, 1.807) is 25.4 Å². The van der Waals surface area contributed by atoms with Gasteiger partial charge in [0.25, 0.3) is 5.91 Å². The molecule has 23 heavy (non-hydrogen) atoms. The number of aliphatic hydroxyl groups excluding tert-OH is 1. The highest BCUT2D eigenvalue weighted by Crippen LogP contribution is 2.23. The molecule has 1 fully saturated rings. The minimum Gasteiger partial charge on any atom is -0.396 e. The summed E-state index contributed by atoms with van der Waals surface area (Å²) in [6, 6.07) is 5.37. The molecule has 1 aromatic rings. The van der Waals surface area contributed by atoms with Gasteiger partial charge in [-0.2, -0.15) is 0 Å². The molecular formula is C17H27N3O3. The summed E-state index contributed by atoms with van der Waals surface area (Å²) < 4.78 is 5.11. The highest BCUT2D eigenvalue weighted by Gasteiger charge is 2.31. The summed E-state index contributed by atoms with van der Waals surface area (Å²) in [5, 5.41) is 9.57. The third kappa shape index (κ3) is 5.27. The number of piperidine rings is 1. The van der Waals surface area contributed by atoms with Gasteiger partial charge in [-0.05, 0) is 37.4 Å². The number of ether oxygens (including phenoxy) is 1. The molecular weight excluding hydrogens is 294 g/mol. The monoisotopic (exact) mass is 321 g/mol. The van der Waals surface area contributed by atoms with Crippen molar-refractivity contribution in [1.29, 1.82) is 0 Å². The summed E-state index contributed by atoms with van der Waals surface area (Å²) in [6.07, 6.45) is 2.58. The van der Waals surface area contributed by atoms with E-state index in [4.69, 9.17) is 4.74 Å². The lowest BCUT2D eigenvalue weighted by Gasteiger charge is -2.38. The van der Waals surface area contributed by atoms with Gasteiger partial charge >= 0.3 is 0 Å². The number of methoxy groups -OCH3 is 1. The van der Waals surface area contributed by atoms with Crippen LogP contribution < -0.4 is 0 Å². The topological polar surface area (TPSA) is 65.9 Å². The van der Waals surface area contributed by atoms with E-state index >= 15 is 0 Å². The third-order valence-corrected chi connectivity index (χ3v) is 4.30. The number of likely N-dealkylation sites (N-methyl/N-ethyl adjacent to an activating group) is 1. The zero-order valence-corrected chi connectivity index (χ0v) is 14.0. The minimum absolute atomic E-state index is 0.0479. The number of hydrogen-bond donors (Lipinski definition) is 1. The van der Waals surface area contributed by atoms with Crippen LogP contribution in [0.25, 0.3) is 0 Å². The molecule has 0 aromatic carbocycles. The highest BCUT2D eigenvalue weighted by atomic mass is 16.5. The Morgan fingerprint density at radius 2 is 2.22 bits per heavy atom. The van der Waals surface area contributed by atoms with E-state index in [2.05, 4.69) is 16.9 Å². The Morgan fingerprint density at radius 1 is 1.43 bits per heavy atom. The van der Waals surface area contributed by atoms with Gasteiger partial charge in [-0.15, -0.1) is 0 Å². The van der Waals surface area contributed by atoms with E-state index in [1.165, 1.54) is 0 Å². The second-order valence-electron chi connectivity index (χ2n) is 6.33. The first-order valence-corrected chi connectivity index (χ1v) is 8.12. The number of aliphatic hydroxyl groups is 1. The average Bonchev–Trinajstić information content (AvgIpc) is 2.59. The molecule has 1 N–H and O–H groups in total. The second kappa shape index (κ2) is 8.96. The molecule has 6 nitrogen and oxygen atoms in total. The smallest absolute Gasteiger partial charge is 0.272 e. The quantitative estimate of drug-likeness (QED) is 0.802. The van der Waals surface area contributed by atoms with Gasteiger partial charge in [0.15, 0.2) is 0 Å². The molecule has 0 spiro atoms. The van der Waals surface area contributed by atoms with Crippen molar-refractivity contribution in [3.05, 3.63) is 30.1 Å². The lowest BCUT2D eigenvalue weighted by Crippen LogP contribution is -2.48. The molecule has 1 aliphatic rings. The molecule has 2 rings (SSSR count). The van der Waals surface area contributed by atoms with Gasteiger partial charge in [-0.25, -0.2) is 0 Å². The molecule has 1 aromatic heterocycles. The standard InChI is InChI=1S/C17H27N3O3/c1-19(7-8-23-2)10-14-9-15(13-21)12-20(11-14)17(22)16-5-3-4-6-18-16/h3-6,14-15,21H,7-13H2,1-2H3. The predicted molar refractivity (Wildman–Crippen MR) is 88.2 cm³/mol. The van der Waals surface area contributed by atoms with Gasteiger partial charge in [0.05, 0.1) is 6.61 Å². The van der Waals surface area contributed by atoms with Crippen molar-refractivity contribution in [3.8, 4) is 0 Å². The molecule has 2 atom stereocenters. The highest BCUT2D eigenvalue weighted by molar-refractivity contribution is 5.92. The van der Waals surface area contributed by atoms with Crippen LogP contribution in [-0.4, -0.2) is 79.3 Å². The van der Waals surface area contributed by atoms with E-state index in [0.717, 1.165) is 19.5 Å². The molecule has 1 aliphatic heterocycles. The summed E-state index contributed by atoms with van der Waals surface area (Å²) in [5.74, 6) is 0.445. The number of likely N-dealkylation sites (tertiary alicyclic amines) is 1. The maximum absolute atomic E-state index is 12.6. The van der Waals surface area contributed by atoms with Gasteiger partial charge in [-0.3, -0.25) is 9.78 Å². The number of carbonyl (C=O) groups is 1. The summed E-state index contributed by atoms with van der Waals surface area (Å²) in [4.78, 5) is 20.8. The van der Waals surface area contributed by atoms with Crippen LogP contribution in [0.1, 0.15) is 16.9 Å². The van der Waals surface area contributed by atoms with Crippen LogP contribution in [0.15, 0.2) is 24.4 Å². The fraction of sp³-hybridized carbons (Fsp3) is 0.647. The molecule has 6 heteroatoms. The summed E-state index contributed by atoms with van der Waals surface area (Å²) in [7, 11) is 3.76. The molecule has 0 radical (unpaired) electrons. The Balaban J connectivity index is 1.99. The number of amides is 1. The van der Waals surface area contributed by atoms with Crippen molar-refractivity contribution in [1.82, 2.24) is 14.8 Å². The van der Waals surface area contributed by atoms with Gasteiger partial charge in [-0.1, -0.05) is 6.07 Å². The zero-order valence-electron chi connectivity index (χ0n) is 14.0. The SMILES string of the molecule is COCCN(C)CC1CC(CO)CN(C(=O)c2ccccn2)C1. The van der Waals surface area contributed by atoms with E-state index in [9.17, 15) is 9.90 Å². The van der Waals surface area contributed by atoms with Gasteiger partial charge in [0.1, 0.15) is 5.69 Å². The molecule has 0 bridgehead atoms. The maximum atomic E-state index is 12.6. The Morgan fingerprint density at radius 3 is 2.87 bits per heavy atom. The Kier molecular flexibility index (Phi) is 6.95. The summed E-state index contributed by atoms with van der Waals surface area (Å²) >= 11 is 0. The van der Waals surface area contributed by atoms with Crippen LogP contribution in [0, 0.1) is 11.8 Å². The number of pyridine rings is 1. The van der Waals surface area contributed by atoms with Crippen molar-refractivity contribution in [2.24, 2.45) is 11.8 Å². The van der Waals surface area contributed by atoms with Crippen molar-refractivity contribution in [2.75, 3.05) is 53.6 Å². The van der Waals surface area contributed by atoms with Crippen LogP contribution in [0.4, 0.5) is 0 Å². The first kappa shape index (κ1) is 17.8. The number of rotatable bonds is 7. The van der Waals surface area contributed by atoms with Gasteiger partial charge < -0.3 is 19.6 Å². The van der Waals surface area contributed by atoms with Gasteiger partial charge in [0.2, 0.25) is 0 Å². The van der Waals surface area contributed by atoms with E-state index < -0.39 is 0 Å². The summed E-state index contributed by atoms with van der Waals surface area (Å²) in [5.41, 5.74) is 0.470. The van der Waals surface area contributed by atoms with Gasteiger partial charge in [0, 0.05) is 46.1 Å². The zero-order chi connectivity index (χ0) is 16.7. The van der Waals surface area contributed by atoms with Crippen molar-refractivity contribution in [3.63, 3.8) is 0 Å². The first-order valence-electron chi connectivity index (χ1n) is 8.12. The van der Waals surface area contributed by atoms with E-state index in [0.29, 0.717) is 31.3 Å². The lowest BCUT2D eigenvalue weighted by molar-refractivity contribution is 0.0446. The molecule has 128 valence electrons. The van der Waals surface area contributed by atoms with Crippen molar-refractivity contribution < 1.29 is 14.6 Å². The van der Waals surface area contributed by atoms with Crippen LogP contribution in [-0.2, 0) is 4.74 Å². The minimum atomic E-state index is -0.0479. The molecule has 0 saturated carbocycles.